The molecule has 2 rings (SSSR count). The first-order valence-corrected chi connectivity index (χ1v) is 6.01. The molecule has 16 heavy (non-hydrogen) atoms. The minimum Gasteiger partial charge on any atom is -0.496 e. The number of rotatable bonds is 2. The van der Waals surface area contributed by atoms with E-state index in [-0.39, 0.29) is 0 Å². The number of ether oxygens (including phenoxy) is 1. The highest BCUT2D eigenvalue weighted by molar-refractivity contribution is 5.38. The fraction of sp³-hybridized carbons (Fsp3) is 0.571. The van der Waals surface area contributed by atoms with Crippen molar-refractivity contribution in [2.45, 2.75) is 38.2 Å². The first kappa shape index (κ1) is 11.5. The Morgan fingerprint density at radius 2 is 2.12 bits per heavy atom. The molecule has 0 aliphatic heterocycles. The van der Waals surface area contributed by atoms with Crippen LogP contribution in [-0.4, -0.2) is 12.2 Å². The summed E-state index contributed by atoms with van der Waals surface area (Å²) >= 11 is 0. The van der Waals surface area contributed by atoms with Crippen molar-refractivity contribution in [3.63, 3.8) is 0 Å². The minimum absolute atomic E-state index is 0.587. The van der Waals surface area contributed by atoms with Gasteiger partial charge < -0.3 is 9.84 Å². The summed E-state index contributed by atoms with van der Waals surface area (Å²) in [7, 11) is 1.66. The van der Waals surface area contributed by atoms with Gasteiger partial charge in [-0.05, 0) is 31.2 Å². The molecule has 1 saturated carbocycles. The predicted molar refractivity (Wildman–Crippen MR) is 64.5 cm³/mol. The van der Waals surface area contributed by atoms with Crippen molar-refractivity contribution in [1.29, 1.82) is 0 Å². The number of para-hydroxylation sites is 1. The van der Waals surface area contributed by atoms with E-state index in [1.807, 2.05) is 24.3 Å². The van der Waals surface area contributed by atoms with Gasteiger partial charge in [-0.15, -0.1) is 0 Å². The molecule has 0 saturated heterocycles. The summed E-state index contributed by atoms with van der Waals surface area (Å²) in [6, 6.07) is 7.82. The van der Waals surface area contributed by atoms with E-state index in [0.29, 0.717) is 5.92 Å². The summed E-state index contributed by atoms with van der Waals surface area (Å²) in [4.78, 5) is 0. The number of hydrogen-bond acceptors (Lipinski definition) is 2. The van der Waals surface area contributed by atoms with E-state index in [4.69, 9.17) is 4.74 Å². The second-order valence-corrected chi connectivity index (χ2v) is 4.93. The zero-order chi connectivity index (χ0) is 11.6. The Morgan fingerprint density at radius 1 is 1.38 bits per heavy atom. The third-order valence-electron chi connectivity index (χ3n) is 3.58. The fourth-order valence-corrected chi connectivity index (χ4v) is 2.80. The Morgan fingerprint density at radius 3 is 2.81 bits per heavy atom. The van der Waals surface area contributed by atoms with Gasteiger partial charge in [0.25, 0.3) is 0 Å². The SMILES string of the molecule is COc1ccccc1C1(O)CCCC(C)C1. The van der Waals surface area contributed by atoms with Crippen LogP contribution in [-0.2, 0) is 5.60 Å². The summed E-state index contributed by atoms with van der Waals surface area (Å²) in [6.45, 7) is 2.21. The van der Waals surface area contributed by atoms with Gasteiger partial charge in [-0.3, -0.25) is 0 Å². The van der Waals surface area contributed by atoms with Crippen molar-refractivity contribution in [2.24, 2.45) is 5.92 Å². The lowest BCUT2D eigenvalue weighted by molar-refractivity contribution is -0.0196. The zero-order valence-electron chi connectivity index (χ0n) is 10.1. The summed E-state index contributed by atoms with van der Waals surface area (Å²) in [5.41, 5.74) is 0.258. The number of aliphatic hydroxyl groups is 1. The fourth-order valence-electron chi connectivity index (χ4n) is 2.80. The molecule has 0 radical (unpaired) electrons. The highest BCUT2D eigenvalue weighted by Gasteiger charge is 2.36. The predicted octanol–water partition coefficient (Wildman–Crippen LogP) is 3.09. The Kier molecular flexibility index (Phi) is 3.20. The van der Waals surface area contributed by atoms with Crippen LogP contribution in [0.4, 0.5) is 0 Å². The molecule has 88 valence electrons. The summed E-state index contributed by atoms with van der Waals surface area (Å²) in [6.07, 6.45) is 4.00. The molecule has 0 spiro atoms. The lowest BCUT2D eigenvalue weighted by Crippen LogP contribution is -2.32. The summed E-state index contributed by atoms with van der Waals surface area (Å²) < 4.78 is 5.34. The van der Waals surface area contributed by atoms with Crippen LogP contribution >= 0.6 is 0 Å². The maximum Gasteiger partial charge on any atom is 0.124 e. The lowest BCUT2D eigenvalue weighted by atomic mass is 9.75. The molecular formula is C14H20O2. The van der Waals surface area contributed by atoms with Crippen molar-refractivity contribution in [1.82, 2.24) is 0 Å². The molecule has 0 bridgehead atoms. The lowest BCUT2D eigenvalue weighted by Gasteiger charge is -2.36. The van der Waals surface area contributed by atoms with E-state index < -0.39 is 5.60 Å². The first-order valence-electron chi connectivity index (χ1n) is 6.01. The van der Waals surface area contributed by atoms with E-state index >= 15 is 0 Å². The van der Waals surface area contributed by atoms with Gasteiger partial charge in [0.05, 0.1) is 12.7 Å². The normalized spacial score (nSPS) is 30.1. The van der Waals surface area contributed by atoms with Gasteiger partial charge in [-0.1, -0.05) is 31.5 Å². The molecule has 1 aliphatic carbocycles. The molecule has 0 heterocycles. The maximum atomic E-state index is 10.7. The molecule has 1 fully saturated rings. The highest BCUT2D eigenvalue weighted by Crippen LogP contribution is 2.42. The highest BCUT2D eigenvalue weighted by atomic mass is 16.5. The molecule has 2 atom stereocenters. The van der Waals surface area contributed by atoms with Crippen LogP contribution in [0.25, 0.3) is 0 Å². The van der Waals surface area contributed by atoms with Gasteiger partial charge in [0.2, 0.25) is 0 Å². The van der Waals surface area contributed by atoms with Crippen LogP contribution in [0.5, 0.6) is 5.75 Å². The Balaban J connectivity index is 2.34. The van der Waals surface area contributed by atoms with E-state index in [2.05, 4.69) is 6.92 Å². The molecule has 0 aromatic heterocycles. The van der Waals surface area contributed by atoms with Crippen molar-refractivity contribution < 1.29 is 9.84 Å². The average molecular weight is 220 g/mol. The second-order valence-electron chi connectivity index (χ2n) is 4.93. The van der Waals surface area contributed by atoms with Gasteiger partial charge in [0.1, 0.15) is 5.75 Å². The smallest absolute Gasteiger partial charge is 0.124 e. The van der Waals surface area contributed by atoms with Crippen molar-refractivity contribution in [3.05, 3.63) is 29.8 Å². The Hall–Kier alpha value is -1.02. The Bertz CT molecular complexity index is 362. The van der Waals surface area contributed by atoms with Crippen LogP contribution in [0.15, 0.2) is 24.3 Å². The average Bonchev–Trinajstić information content (AvgIpc) is 2.29. The number of hydrogen-bond donors (Lipinski definition) is 1. The molecule has 1 N–H and O–H groups in total. The van der Waals surface area contributed by atoms with Crippen LogP contribution < -0.4 is 4.74 Å². The quantitative estimate of drug-likeness (QED) is 0.830. The van der Waals surface area contributed by atoms with Crippen molar-refractivity contribution >= 4 is 0 Å². The third-order valence-corrected chi connectivity index (χ3v) is 3.58. The number of methoxy groups -OCH3 is 1. The van der Waals surface area contributed by atoms with Gasteiger partial charge in [-0.2, -0.15) is 0 Å². The minimum atomic E-state index is -0.690. The van der Waals surface area contributed by atoms with Crippen LogP contribution in [0.1, 0.15) is 38.2 Å². The standard InChI is InChI=1S/C14H20O2/c1-11-6-5-9-14(15,10-11)12-7-3-4-8-13(12)16-2/h3-4,7-8,11,15H,5-6,9-10H2,1-2H3. The third kappa shape index (κ3) is 2.07. The largest absolute Gasteiger partial charge is 0.496 e. The molecule has 2 nitrogen and oxygen atoms in total. The van der Waals surface area contributed by atoms with E-state index in [1.54, 1.807) is 7.11 Å². The van der Waals surface area contributed by atoms with Gasteiger partial charge in [0, 0.05) is 5.56 Å². The molecule has 2 heteroatoms. The first-order chi connectivity index (χ1) is 7.65. The van der Waals surface area contributed by atoms with Crippen molar-refractivity contribution in [3.8, 4) is 5.75 Å². The van der Waals surface area contributed by atoms with Crippen LogP contribution in [0, 0.1) is 5.92 Å². The maximum absolute atomic E-state index is 10.7. The van der Waals surface area contributed by atoms with E-state index in [9.17, 15) is 5.11 Å². The summed E-state index contributed by atoms with van der Waals surface area (Å²) in [5.74, 6) is 1.39. The molecule has 2 unspecified atom stereocenters. The zero-order valence-corrected chi connectivity index (χ0v) is 10.1. The van der Waals surface area contributed by atoms with Gasteiger partial charge in [0.15, 0.2) is 0 Å². The number of benzene rings is 1. The van der Waals surface area contributed by atoms with E-state index in [0.717, 1.165) is 30.6 Å². The second kappa shape index (κ2) is 4.46. The molecular weight excluding hydrogens is 200 g/mol. The van der Waals surface area contributed by atoms with Gasteiger partial charge >= 0.3 is 0 Å². The summed E-state index contributed by atoms with van der Waals surface area (Å²) in [5, 5.41) is 10.7. The molecule has 1 aliphatic rings. The Labute approximate surface area is 97.3 Å². The van der Waals surface area contributed by atoms with Crippen LogP contribution in [0.3, 0.4) is 0 Å². The molecule has 1 aromatic carbocycles. The van der Waals surface area contributed by atoms with Gasteiger partial charge in [-0.25, -0.2) is 0 Å². The molecule has 1 aromatic rings. The molecule has 0 amide bonds. The monoisotopic (exact) mass is 220 g/mol. The van der Waals surface area contributed by atoms with Crippen LogP contribution in [0.2, 0.25) is 0 Å². The van der Waals surface area contributed by atoms with Crippen molar-refractivity contribution in [2.75, 3.05) is 7.11 Å². The topological polar surface area (TPSA) is 29.5 Å². The van der Waals surface area contributed by atoms with E-state index in [1.165, 1.54) is 6.42 Å².